The van der Waals surface area contributed by atoms with Crippen molar-refractivity contribution in [1.29, 1.82) is 0 Å². The number of pyridine rings is 1. The van der Waals surface area contributed by atoms with Crippen molar-refractivity contribution in [2.45, 2.75) is 55.7 Å². The van der Waals surface area contributed by atoms with Crippen LogP contribution in [0.3, 0.4) is 0 Å². The molecule has 1 aromatic carbocycles. The highest BCUT2D eigenvalue weighted by atomic mass is 32.2. The number of esters is 1. The Morgan fingerprint density at radius 1 is 1.19 bits per heavy atom. The largest absolute Gasteiger partial charge is 0.494 e. The summed E-state index contributed by atoms with van der Waals surface area (Å²) in [5.41, 5.74) is 2.34. The maximum absolute atomic E-state index is 11.3. The summed E-state index contributed by atoms with van der Waals surface area (Å²) in [6.07, 6.45) is 8.18. The van der Waals surface area contributed by atoms with Crippen molar-refractivity contribution in [3.05, 3.63) is 42.6 Å². The lowest BCUT2D eigenvalue weighted by molar-refractivity contribution is -0.143. The van der Waals surface area contributed by atoms with Crippen LogP contribution >= 0.6 is 11.8 Å². The minimum Gasteiger partial charge on any atom is -0.494 e. The van der Waals surface area contributed by atoms with E-state index < -0.39 is 0 Å². The van der Waals surface area contributed by atoms with Crippen molar-refractivity contribution < 1.29 is 14.3 Å². The Bertz CT molecular complexity index is 727. The molecule has 0 bridgehead atoms. The maximum atomic E-state index is 11.3. The number of thioether (sulfide) groups is 1. The number of rotatable bonds is 9. The smallest absolute Gasteiger partial charge is 0.305 e. The van der Waals surface area contributed by atoms with Gasteiger partial charge in [0.05, 0.1) is 13.2 Å². The van der Waals surface area contributed by atoms with Crippen LogP contribution in [0, 0.1) is 0 Å². The van der Waals surface area contributed by atoms with Crippen molar-refractivity contribution in [2.24, 2.45) is 0 Å². The second-order valence-corrected chi connectivity index (χ2v) is 7.95. The second kappa shape index (κ2) is 10.4. The molecule has 1 aliphatic rings. The lowest BCUT2D eigenvalue weighted by atomic mass is 10.1. The molecule has 1 aromatic heterocycles. The number of nitrogens with zero attached hydrogens (tertiary/aromatic N) is 1. The molecular weight excluding hydrogens is 358 g/mol. The SMILES string of the molecule is CCOC(=O)CCCOc1ccc(-c2cccnc2SC2CCCC2)cc1. The Balaban J connectivity index is 1.56. The second-order valence-electron chi connectivity index (χ2n) is 6.66. The number of benzene rings is 1. The molecule has 5 heteroatoms. The summed E-state index contributed by atoms with van der Waals surface area (Å²) in [7, 11) is 0. The maximum Gasteiger partial charge on any atom is 0.305 e. The minimum absolute atomic E-state index is 0.166. The normalized spacial score (nSPS) is 14.3. The third-order valence-electron chi connectivity index (χ3n) is 4.62. The highest BCUT2D eigenvalue weighted by molar-refractivity contribution is 8.00. The van der Waals surface area contributed by atoms with Crippen LogP contribution in [0.15, 0.2) is 47.6 Å². The van der Waals surface area contributed by atoms with E-state index in [2.05, 4.69) is 23.2 Å². The van der Waals surface area contributed by atoms with Crippen molar-refractivity contribution in [1.82, 2.24) is 4.98 Å². The predicted octanol–water partition coefficient (Wildman–Crippen LogP) is 5.51. The lowest BCUT2D eigenvalue weighted by Crippen LogP contribution is -2.06. The number of aromatic nitrogens is 1. The van der Waals surface area contributed by atoms with Gasteiger partial charge in [0.1, 0.15) is 10.8 Å². The third kappa shape index (κ3) is 5.99. The van der Waals surface area contributed by atoms with Crippen LogP contribution in [-0.4, -0.2) is 29.4 Å². The van der Waals surface area contributed by atoms with Gasteiger partial charge in [-0.05, 0) is 49.9 Å². The zero-order valence-corrected chi connectivity index (χ0v) is 16.7. The van der Waals surface area contributed by atoms with Crippen molar-refractivity contribution in [2.75, 3.05) is 13.2 Å². The van der Waals surface area contributed by atoms with Crippen LogP contribution in [-0.2, 0) is 9.53 Å². The number of carbonyl (C=O) groups is 1. The summed E-state index contributed by atoms with van der Waals surface area (Å²) < 4.78 is 10.6. The molecule has 0 spiro atoms. The first-order chi connectivity index (χ1) is 13.3. The van der Waals surface area contributed by atoms with Crippen LogP contribution in [0.25, 0.3) is 11.1 Å². The molecule has 0 radical (unpaired) electrons. The van der Waals surface area contributed by atoms with Crippen molar-refractivity contribution >= 4 is 17.7 Å². The highest BCUT2D eigenvalue weighted by Gasteiger charge is 2.18. The summed E-state index contributed by atoms with van der Waals surface area (Å²) in [4.78, 5) is 15.9. The summed E-state index contributed by atoms with van der Waals surface area (Å²) >= 11 is 1.91. The Labute approximate surface area is 165 Å². The van der Waals surface area contributed by atoms with Gasteiger partial charge in [0.2, 0.25) is 0 Å². The summed E-state index contributed by atoms with van der Waals surface area (Å²) in [5, 5.41) is 1.81. The first-order valence-corrected chi connectivity index (χ1v) is 10.6. The van der Waals surface area contributed by atoms with Crippen LogP contribution in [0.4, 0.5) is 0 Å². The van der Waals surface area contributed by atoms with E-state index in [9.17, 15) is 4.79 Å². The molecule has 1 saturated carbocycles. The van der Waals surface area contributed by atoms with Gasteiger partial charge >= 0.3 is 5.97 Å². The van der Waals surface area contributed by atoms with E-state index in [1.807, 2.05) is 43.1 Å². The molecule has 144 valence electrons. The first kappa shape index (κ1) is 19.7. The van der Waals surface area contributed by atoms with Gasteiger partial charge in [0, 0.05) is 23.4 Å². The molecule has 2 aromatic rings. The van der Waals surface area contributed by atoms with E-state index >= 15 is 0 Å². The average Bonchev–Trinajstić information content (AvgIpc) is 3.20. The van der Waals surface area contributed by atoms with Crippen molar-refractivity contribution in [3.8, 4) is 16.9 Å². The fraction of sp³-hybridized carbons (Fsp3) is 0.455. The van der Waals surface area contributed by atoms with Crippen molar-refractivity contribution in [3.63, 3.8) is 0 Å². The molecule has 1 fully saturated rings. The Kier molecular flexibility index (Phi) is 7.57. The zero-order valence-electron chi connectivity index (χ0n) is 15.9. The van der Waals surface area contributed by atoms with E-state index in [0.29, 0.717) is 31.3 Å². The monoisotopic (exact) mass is 385 g/mol. The molecule has 0 amide bonds. The number of ether oxygens (including phenoxy) is 2. The molecule has 27 heavy (non-hydrogen) atoms. The number of carbonyl (C=O) groups excluding carboxylic acids is 1. The van der Waals surface area contributed by atoms with Gasteiger partial charge in [-0.3, -0.25) is 4.79 Å². The van der Waals surface area contributed by atoms with E-state index in [1.165, 1.54) is 31.2 Å². The third-order valence-corrected chi connectivity index (χ3v) is 5.97. The zero-order chi connectivity index (χ0) is 18.9. The molecular formula is C22H27NO3S. The van der Waals surface area contributed by atoms with Crippen LogP contribution in [0.1, 0.15) is 45.4 Å². The summed E-state index contributed by atoms with van der Waals surface area (Å²) in [6, 6.07) is 12.3. The molecule has 0 N–H and O–H groups in total. The molecule has 0 saturated heterocycles. The van der Waals surface area contributed by atoms with Crippen LogP contribution in [0.2, 0.25) is 0 Å². The van der Waals surface area contributed by atoms with Crippen LogP contribution < -0.4 is 4.74 Å². The van der Waals surface area contributed by atoms with E-state index in [0.717, 1.165) is 16.3 Å². The fourth-order valence-corrected chi connectivity index (χ4v) is 4.56. The predicted molar refractivity (Wildman–Crippen MR) is 109 cm³/mol. The Morgan fingerprint density at radius 2 is 1.96 bits per heavy atom. The van der Waals surface area contributed by atoms with E-state index in [-0.39, 0.29) is 5.97 Å². The minimum atomic E-state index is -0.166. The van der Waals surface area contributed by atoms with Gasteiger partial charge in [0.15, 0.2) is 0 Å². The van der Waals surface area contributed by atoms with Gasteiger partial charge in [-0.15, -0.1) is 11.8 Å². The molecule has 1 heterocycles. The standard InChI is InChI=1S/C22H27NO3S/c1-2-25-21(24)10-6-16-26-18-13-11-17(12-14-18)20-9-5-15-23-22(20)27-19-7-3-4-8-19/h5,9,11-15,19H,2-4,6-8,10,16H2,1H3. The topological polar surface area (TPSA) is 48.4 Å². The Morgan fingerprint density at radius 3 is 2.70 bits per heavy atom. The number of hydrogen-bond acceptors (Lipinski definition) is 5. The van der Waals surface area contributed by atoms with Gasteiger partial charge in [-0.1, -0.05) is 31.0 Å². The summed E-state index contributed by atoms with van der Waals surface area (Å²) in [6.45, 7) is 2.75. The first-order valence-electron chi connectivity index (χ1n) is 9.77. The lowest BCUT2D eigenvalue weighted by Gasteiger charge is -2.13. The van der Waals surface area contributed by atoms with E-state index in [1.54, 1.807) is 0 Å². The van der Waals surface area contributed by atoms with Gasteiger partial charge < -0.3 is 9.47 Å². The van der Waals surface area contributed by atoms with Crippen LogP contribution in [0.5, 0.6) is 5.75 Å². The fourth-order valence-electron chi connectivity index (χ4n) is 3.24. The van der Waals surface area contributed by atoms with Gasteiger partial charge in [-0.25, -0.2) is 4.98 Å². The molecule has 4 nitrogen and oxygen atoms in total. The molecule has 0 atom stereocenters. The van der Waals surface area contributed by atoms with E-state index in [4.69, 9.17) is 9.47 Å². The number of hydrogen-bond donors (Lipinski definition) is 0. The molecule has 3 rings (SSSR count). The van der Waals surface area contributed by atoms with Gasteiger partial charge in [0.25, 0.3) is 0 Å². The Hall–Kier alpha value is -2.01. The average molecular weight is 386 g/mol. The molecule has 0 aliphatic heterocycles. The molecule has 1 aliphatic carbocycles. The summed E-state index contributed by atoms with van der Waals surface area (Å²) in [5.74, 6) is 0.650. The molecule has 0 unspecified atom stereocenters. The highest BCUT2D eigenvalue weighted by Crippen LogP contribution is 2.38. The van der Waals surface area contributed by atoms with Gasteiger partial charge in [-0.2, -0.15) is 0 Å². The quantitative estimate of drug-likeness (QED) is 0.421.